The monoisotopic (exact) mass is 508 g/mol. The van der Waals surface area contributed by atoms with E-state index in [1.54, 1.807) is 0 Å². The number of nitrogens with one attached hydrogen (secondary N) is 2. The van der Waals surface area contributed by atoms with Crippen LogP contribution in [0.5, 0.6) is 0 Å². The summed E-state index contributed by atoms with van der Waals surface area (Å²) in [6, 6.07) is 0.463. The van der Waals surface area contributed by atoms with E-state index in [1.165, 1.54) is 19.3 Å². The van der Waals surface area contributed by atoms with E-state index < -0.39 is 15.8 Å². The van der Waals surface area contributed by atoms with Crippen LogP contribution >= 0.6 is 24.0 Å². The molecule has 0 bridgehead atoms. The van der Waals surface area contributed by atoms with Gasteiger partial charge < -0.3 is 10.6 Å². The summed E-state index contributed by atoms with van der Waals surface area (Å²) in [6.07, 6.45) is 7.24. The number of aliphatic imine (C=N–C) groups is 1. The lowest BCUT2D eigenvalue weighted by Crippen LogP contribution is -2.45. The van der Waals surface area contributed by atoms with E-state index in [9.17, 15) is 17.2 Å². The van der Waals surface area contributed by atoms with Crippen LogP contribution in [0.1, 0.15) is 51.9 Å². The summed E-state index contributed by atoms with van der Waals surface area (Å²) >= 11 is 0. The Bertz CT molecular complexity index is 534. The van der Waals surface area contributed by atoms with E-state index in [2.05, 4.69) is 15.6 Å². The Morgan fingerprint density at radius 1 is 1.15 bits per heavy atom. The number of halogens is 3. The summed E-state index contributed by atoms with van der Waals surface area (Å²) < 4.78 is 49.1. The third-order valence-corrected chi connectivity index (χ3v) is 6.49. The molecule has 0 amide bonds. The molecule has 1 saturated heterocycles. The Hall–Kier alpha value is -0.230. The molecule has 0 aromatic heterocycles. The molecular formula is C16H31F2IN4O2S. The van der Waals surface area contributed by atoms with Gasteiger partial charge in [0.05, 0.1) is 0 Å². The second-order valence-electron chi connectivity index (χ2n) is 6.85. The van der Waals surface area contributed by atoms with Gasteiger partial charge in [0, 0.05) is 32.2 Å². The largest absolute Gasteiger partial charge is 0.357 e. The molecule has 2 aliphatic rings. The standard InChI is InChI=1S/C16H30F2N4O2S.HI/c1-2-19-16(21-14-6-4-3-5-7-14)20-12-13-8-10-22(11-9-13)25(23,24)15(17)18;/h13-15H,2-12H2,1H3,(H2,19,20,21);1H. The molecule has 0 aromatic rings. The first kappa shape index (κ1) is 23.8. The molecular weight excluding hydrogens is 477 g/mol. The topological polar surface area (TPSA) is 73.8 Å². The van der Waals surface area contributed by atoms with Gasteiger partial charge in [-0.1, -0.05) is 19.3 Å². The van der Waals surface area contributed by atoms with Crippen LogP contribution in [0.2, 0.25) is 0 Å². The number of sulfonamides is 1. The third kappa shape index (κ3) is 7.06. The Kier molecular flexibility index (Phi) is 10.6. The minimum atomic E-state index is -4.44. The first-order valence-electron chi connectivity index (χ1n) is 9.25. The summed E-state index contributed by atoms with van der Waals surface area (Å²) in [5.41, 5.74) is 0. The molecule has 1 aliphatic carbocycles. The molecule has 10 heteroatoms. The minimum absolute atomic E-state index is 0. The lowest BCUT2D eigenvalue weighted by molar-refractivity contribution is 0.205. The molecule has 1 heterocycles. The average molecular weight is 508 g/mol. The van der Waals surface area contributed by atoms with Gasteiger partial charge in [-0.3, -0.25) is 4.99 Å². The van der Waals surface area contributed by atoms with Crippen molar-refractivity contribution in [3.63, 3.8) is 0 Å². The SMILES string of the molecule is CCNC(=NCC1CCN(S(=O)(=O)C(F)F)CC1)NC1CCCCC1.I. The third-order valence-electron chi connectivity index (χ3n) is 4.96. The van der Waals surface area contributed by atoms with Crippen molar-refractivity contribution in [3.05, 3.63) is 0 Å². The lowest BCUT2D eigenvalue weighted by Gasteiger charge is -2.30. The van der Waals surface area contributed by atoms with Crippen LogP contribution in [0.4, 0.5) is 8.78 Å². The molecule has 1 aliphatic heterocycles. The van der Waals surface area contributed by atoms with E-state index in [0.29, 0.717) is 25.4 Å². The second-order valence-corrected chi connectivity index (χ2v) is 8.75. The van der Waals surface area contributed by atoms with Crippen LogP contribution in [-0.4, -0.2) is 56.7 Å². The molecule has 0 spiro atoms. The predicted molar refractivity (Wildman–Crippen MR) is 111 cm³/mol. The van der Waals surface area contributed by atoms with Crippen molar-refractivity contribution in [3.8, 4) is 0 Å². The number of nitrogens with zero attached hydrogens (tertiary/aromatic N) is 2. The number of rotatable bonds is 6. The van der Waals surface area contributed by atoms with Crippen molar-refractivity contribution in [2.24, 2.45) is 10.9 Å². The Labute approximate surface area is 172 Å². The van der Waals surface area contributed by atoms with Crippen molar-refractivity contribution in [1.82, 2.24) is 14.9 Å². The summed E-state index contributed by atoms with van der Waals surface area (Å²) in [5, 5.41) is 6.73. The molecule has 0 unspecified atom stereocenters. The van der Waals surface area contributed by atoms with Crippen LogP contribution in [0, 0.1) is 5.92 Å². The van der Waals surface area contributed by atoms with Gasteiger partial charge in [-0.05, 0) is 38.5 Å². The predicted octanol–water partition coefficient (Wildman–Crippen LogP) is 2.76. The van der Waals surface area contributed by atoms with Crippen molar-refractivity contribution >= 4 is 40.0 Å². The number of guanidine groups is 1. The highest BCUT2D eigenvalue weighted by Crippen LogP contribution is 2.23. The van der Waals surface area contributed by atoms with Crippen molar-refractivity contribution in [1.29, 1.82) is 0 Å². The summed E-state index contributed by atoms with van der Waals surface area (Å²) in [5.74, 6) is -2.30. The summed E-state index contributed by atoms with van der Waals surface area (Å²) in [4.78, 5) is 4.63. The zero-order valence-electron chi connectivity index (χ0n) is 15.3. The lowest BCUT2D eigenvalue weighted by atomic mass is 9.96. The fourth-order valence-electron chi connectivity index (χ4n) is 3.44. The van der Waals surface area contributed by atoms with Gasteiger partial charge in [0.1, 0.15) is 0 Å². The highest BCUT2D eigenvalue weighted by atomic mass is 127. The zero-order valence-corrected chi connectivity index (χ0v) is 18.4. The van der Waals surface area contributed by atoms with Gasteiger partial charge in [0.15, 0.2) is 5.96 Å². The molecule has 2 fully saturated rings. The number of piperidine rings is 1. The van der Waals surface area contributed by atoms with Gasteiger partial charge in [-0.2, -0.15) is 13.1 Å². The fourth-order valence-corrected chi connectivity index (χ4v) is 4.38. The zero-order chi connectivity index (χ0) is 18.3. The van der Waals surface area contributed by atoms with Gasteiger partial charge in [-0.15, -0.1) is 24.0 Å². The van der Waals surface area contributed by atoms with Gasteiger partial charge in [-0.25, -0.2) is 8.42 Å². The number of alkyl halides is 2. The Balaban J connectivity index is 0.00000338. The van der Waals surface area contributed by atoms with Gasteiger partial charge >= 0.3 is 5.76 Å². The first-order chi connectivity index (χ1) is 11.9. The molecule has 154 valence electrons. The average Bonchev–Trinajstić information content (AvgIpc) is 2.61. The summed E-state index contributed by atoms with van der Waals surface area (Å²) in [7, 11) is -4.44. The molecule has 26 heavy (non-hydrogen) atoms. The van der Waals surface area contributed by atoms with E-state index in [4.69, 9.17) is 0 Å². The van der Waals surface area contributed by atoms with Crippen LogP contribution in [0.3, 0.4) is 0 Å². The summed E-state index contributed by atoms with van der Waals surface area (Å²) in [6.45, 7) is 3.69. The minimum Gasteiger partial charge on any atom is -0.357 e. The highest BCUT2D eigenvalue weighted by Gasteiger charge is 2.34. The molecule has 2 N–H and O–H groups in total. The van der Waals surface area contributed by atoms with E-state index in [0.717, 1.165) is 29.7 Å². The van der Waals surface area contributed by atoms with Crippen LogP contribution in [0.15, 0.2) is 4.99 Å². The maximum absolute atomic E-state index is 12.6. The van der Waals surface area contributed by atoms with Gasteiger partial charge in [0.25, 0.3) is 10.0 Å². The van der Waals surface area contributed by atoms with Crippen LogP contribution in [-0.2, 0) is 10.0 Å². The van der Waals surface area contributed by atoms with Crippen LogP contribution < -0.4 is 10.6 Å². The Morgan fingerprint density at radius 2 is 1.77 bits per heavy atom. The van der Waals surface area contributed by atoms with Gasteiger partial charge in [0.2, 0.25) is 0 Å². The molecule has 0 aromatic carbocycles. The first-order valence-corrected chi connectivity index (χ1v) is 10.8. The molecule has 6 nitrogen and oxygen atoms in total. The smallest absolute Gasteiger partial charge is 0.350 e. The fraction of sp³-hybridized carbons (Fsp3) is 0.938. The molecule has 0 atom stereocenters. The maximum atomic E-state index is 12.6. The normalized spacial score (nSPS) is 21.5. The molecule has 0 radical (unpaired) electrons. The van der Waals surface area contributed by atoms with Crippen LogP contribution in [0.25, 0.3) is 0 Å². The van der Waals surface area contributed by atoms with Crippen molar-refractivity contribution in [2.45, 2.75) is 63.7 Å². The van der Waals surface area contributed by atoms with E-state index in [1.807, 2.05) is 6.92 Å². The quantitative estimate of drug-likeness (QED) is 0.329. The second kappa shape index (κ2) is 11.6. The number of hydrogen-bond acceptors (Lipinski definition) is 3. The molecule has 1 saturated carbocycles. The molecule has 2 rings (SSSR count). The van der Waals surface area contributed by atoms with Crippen molar-refractivity contribution in [2.75, 3.05) is 26.2 Å². The van der Waals surface area contributed by atoms with Crippen molar-refractivity contribution < 1.29 is 17.2 Å². The van der Waals surface area contributed by atoms with E-state index in [-0.39, 0.29) is 43.0 Å². The van der Waals surface area contributed by atoms with E-state index >= 15 is 0 Å². The maximum Gasteiger partial charge on any atom is 0.350 e. The Morgan fingerprint density at radius 3 is 2.31 bits per heavy atom. The number of hydrogen-bond donors (Lipinski definition) is 2. The highest BCUT2D eigenvalue weighted by molar-refractivity contribution is 14.0.